The molecule has 0 bridgehead atoms. The highest BCUT2D eigenvalue weighted by Crippen LogP contribution is 2.27. The summed E-state index contributed by atoms with van der Waals surface area (Å²) in [7, 11) is 0. The van der Waals surface area contributed by atoms with E-state index in [1.807, 2.05) is 0 Å². The Labute approximate surface area is 88.7 Å². The van der Waals surface area contributed by atoms with Crippen molar-refractivity contribution in [3.63, 3.8) is 0 Å². The molecule has 1 unspecified atom stereocenters. The van der Waals surface area contributed by atoms with Crippen molar-refractivity contribution in [1.29, 1.82) is 5.26 Å². The zero-order valence-corrected chi connectivity index (χ0v) is 8.48. The Hall–Kier alpha value is -1.75. The van der Waals surface area contributed by atoms with Crippen molar-refractivity contribution in [1.82, 2.24) is 4.57 Å². The standard InChI is InChI=1S/C13H12N2/c14-8-10-5-6-12-7-11-3-1-2-4-13(11)15(12)9-10/h1-4,7,10H,5-6,9H2. The van der Waals surface area contributed by atoms with E-state index >= 15 is 0 Å². The maximum Gasteiger partial charge on any atom is 0.0674 e. The van der Waals surface area contributed by atoms with Crippen LogP contribution in [-0.4, -0.2) is 4.57 Å². The van der Waals surface area contributed by atoms with E-state index in [0.717, 1.165) is 19.4 Å². The first kappa shape index (κ1) is 8.55. The Morgan fingerprint density at radius 1 is 1.33 bits per heavy atom. The van der Waals surface area contributed by atoms with Gasteiger partial charge in [-0.05, 0) is 30.4 Å². The molecular formula is C13H12N2. The number of fused-ring (bicyclic) bond motifs is 3. The number of hydrogen-bond acceptors (Lipinski definition) is 1. The van der Waals surface area contributed by atoms with Crippen molar-refractivity contribution in [2.24, 2.45) is 5.92 Å². The van der Waals surface area contributed by atoms with Gasteiger partial charge >= 0.3 is 0 Å². The maximum atomic E-state index is 8.96. The van der Waals surface area contributed by atoms with E-state index in [2.05, 4.69) is 41.0 Å². The zero-order chi connectivity index (χ0) is 10.3. The topological polar surface area (TPSA) is 28.7 Å². The molecule has 0 aliphatic carbocycles. The number of aryl methyl sites for hydroxylation is 1. The summed E-state index contributed by atoms with van der Waals surface area (Å²) in [5.74, 6) is 0.188. The summed E-state index contributed by atoms with van der Waals surface area (Å²) in [6.07, 6.45) is 2.04. The molecule has 0 spiro atoms. The molecule has 1 aromatic heterocycles. The first-order valence-electron chi connectivity index (χ1n) is 5.35. The number of nitriles is 1. The first-order valence-corrected chi connectivity index (χ1v) is 5.35. The van der Waals surface area contributed by atoms with Crippen molar-refractivity contribution >= 4 is 10.9 Å². The highest BCUT2D eigenvalue weighted by atomic mass is 15.0. The molecule has 1 atom stereocenters. The SMILES string of the molecule is N#CC1CCc2cc3ccccc3n2C1. The van der Waals surface area contributed by atoms with Crippen LogP contribution in [0.15, 0.2) is 30.3 Å². The van der Waals surface area contributed by atoms with Gasteiger partial charge < -0.3 is 4.57 Å². The van der Waals surface area contributed by atoms with Crippen LogP contribution in [0, 0.1) is 17.2 Å². The highest BCUT2D eigenvalue weighted by molar-refractivity contribution is 5.81. The third-order valence-electron chi connectivity index (χ3n) is 3.23. The minimum atomic E-state index is 0.188. The van der Waals surface area contributed by atoms with Gasteiger partial charge in [-0.1, -0.05) is 18.2 Å². The smallest absolute Gasteiger partial charge is 0.0674 e. The summed E-state index contributed by atoms with van der Waals surface area (Å²) in [6, 6.07) is 13.0. The van der Waals surface area contributed by atoms with E-state index < -0.39 is 0 Å². The van der Waals surface area contributed by atoms with Crippen molar-refractivity contribution in [3.05, 3.63) is 36.0 Å². The Balaban J connectivity index is 2.19. The van der Waals surface area contributed by atoms with Crippen LogP contribution >= 0.6 is 0 Å². The first-order chi connectivity index (χ1) is 7.38. The van der Waals surface area contributed by atoms with Gasteiger partial charge in [0, 0.05) is 17.8 Å². The molecule has 1 aliphatic heterocycles. The average molecular weight is 196 g/mol. The van der Waals surface area contributed by atoms with Gasteiger partial charge in [0.05, 0.1) is 12.0 Å². The van der Waals surface area contributed by atoms with Gasteiger partial charge in [-0.25, -0.2) is 0 Å². The molecule has 1 aromatic carbocycles. The quantitative estimate of drug-likeness (QED) is 0.636. The third-order valence-corrected chi connectivity index (χ3v) is 3.23. The number of para-hydroxylation sites is 1. The molecule has 0 amide bonds. The van der Waals surface area contributed by atoms with Crippen LogP contribution in [0.4, 0.5) is 0 Å². The minimum Gasteiger partial charge on any atom is -0.343 e. The fourth-order valence-electron chi connectivity index (χ4n) is 2.43. The normalized spacial score (nSPS) is 19.8. The van der Waals surface area contributed by atoms with Crippen LogP contribution in [0.3, 0.4) is 0 Å². The molecule has 0 saturated carbocycles. The van der Waals surface area contributed by atoms with Crippen LogP contribution < -0.4 is 0 Å². The van der Waals surface area contributed by atoms with E-state index in [9.17, 15) is 0 Å². The van der Waals surface area contributed by atoms with Crippen LogP contribution in [0.2, 0.25) is 0 Å². The van der Waals surface area contributed by atoms with Gasteiger partial charge in [0.15, 0.2) is 0 Å². The predicted octanol–water partition coefficient (Wildman–Crippen LogP) is 2.73. The van der Waals surface area contributed by atoms with Crippen molar-refractivity contribution in [3.8, 4) is 6.07 Å². The number of benzene rings is 1. The van der Waals surface area contributed by atoms with Gasteiger partial charge in [-0.15, -0.1) is 0 Å². The lowest BCUT2D eigenvalue weighted by Crippen LogP contribution is -2.18. The van der Waals surface area contributed by atoms with Crippen LogP contribution in [0.1, 0.15) is 12.1 Å². The number of aromatic nitrogens is 1. The van der Waals surface area contributed by atoms with Crippen molar-refractivity contribution < 1.29 is 0 Å². The van der Waals surface area contributed by atoms with Gasteiger partial charge in [0.1, 0.15) is 0 Å². The average Bonchev–Trinajstić information content (AvgIpc) is 2.66. The molecule has 0 N–H and O–H groups in total. The van der Waals surface area contributed by atoms with Crippen LogP contribution in [-0.2, 0) is 13.0 Å². The molecule has 74 valence electrons. The fraction of sp³-hybridized carbons (Fsp3) is 0.308. The molecule has 2 nitrogen and oxygen atoms in total. The fourth-order valence-corrected chi connectivity index (χ4v) is 2.43. The largest absolute Gasteiger partial charge is 0.343 e. The second kappa shape index (κ2) is 3.13. The summed E-state index contributed by atoms with van der Waals surface area (Å²) < 4.78 is 2.30. The molecule has 3 rings (SSSR count). The molecule has 0 saturated heterocycles. The Bertz CT molecular complexity index is 545. The Kier molecular flexibility index (Phi) is 1.78. The van der Waals surface area contributed by atoms with Gasteiger partial charge in [-0.3, -0.25) is 0 Å². The summed E-state index contributed by atoms with van der Waals surface area (Å²) in [6.45, 7) is 0.860. The summed E-state index contributed by atoms with van der Waals surface area (Å²) in [5.41, 5.74) is 2.65. The van der Waals surface area contributed by atoms with E-state index in [1.165, 1.54) is 16.6 Å². The van der Waals surface area contributed by atoms with Crippen molar-refractivity contribution in [2.45, 2.75) is 19.4 Å². The lowest BCUT2D eigenvalue weighted by molar-refractivity contribution is 0.455. The summed E-state index contributed by atoms with van der Waals surface area (Å²) in [5, 5.41) is 10.3. The van der Waals surface area contributed by atoms with Crippen molar-refractivity contribution in [2.75, 3.05) is 0 Å². The van der Waals surface area contributed by atoms with Crippen LogP contribution in [0.5, 0.6) is 0 Å². The van der Waals surface area contributed by atoms with Crippen LogP contribution in [0.25, 0.3) is 10.9 Å². The molecule has 2 heterocycles. The van der Waals surface area contributed by atoms with E-state index in [4.69, 9.17) is 5.26 Å². The molecule has 2 heteroatoms. The maximum absolute atomic E-state index is 8.96. The zero-order valence-electron chi connectivity index (χ0n) is 8.48. The monoisotopic (exact) mass is 196 g/mol. The van der Waals surface area contributed by atoms with E-state index in [1.54, 1.807) is 0 Å². The Morgan fingerprint density at radius 2 is 2.20 bits per heavy atom. The highest BCUT2D eigenvalue weighted by Gasteiger charge is 2.19. The molecule has 0 radical (unpaired) electrons. The summed E-state index contributed by atoms with van der Waals surface area (Å²) in [4.78, 5) is 0. The molecule has 15 heavy (non-hydrogen) atoms. The lowest BCUT2D eigenvalue weighted by Gasteiger charge is -2.20. The van der Waals surface area contributed by atoms with Gasteiger partial charge in [0.25, 0.3) is 0 Å². The van der Waals surface area contributed by atoms with Gasteiger partial charge in [-0.2, -0.15) is 5.26 Å². The minimum absolute atomic E-state index is 0.188. The lowest BCUT2D eigenvalue weighted by atomic mass is 10.00. The van der Waals surface area contributed by atoms with E-state index in [-0.39, 0.29) is 5.92 Å². The number of rotatable bonds is 0. The predicted molar refractivity (Wildman–Crippen MR) is 59.4 cm³/mol. The number of nitrogens with zero attached hydrogens (tertiary/aromatic N) is 2. The van der Waals surface area contributed by atoms with Gasteiger partial charge in [0.2, 0.25) is 0 Å². The third kappa shape index (κ3) is 1.24. The summed E-state index contributed by atoms with van der Waals surface area (Å²) >= 11 is 0. The second-order valence-electron chi connectivity index (χ2n) is 4.17. The number of hydrogen-bond donors (Lipinski definition) is 0. The Morgan fingerprint density at radius 3 is 3.07 bits per heavy atom. The second-order valence-corrected chi connectivity index (χ2v) is 4.17. The molecule has 2 aromatic rings. The molecular weight excluding hydrogens is 184 g/mol. The molecule has 1 aliphatic rings. The molecule has 0 fully saturated rings. The van der Waals surface area contributed by atoms with E-state index in [0.29, 0.717) is 0 Å².